The SMILES string of the molecule is CCNC(c1c(C)c(C)c(C)c(C)c1C)C1CCOCC1. The summed E-state index contributed by atoms with van der Waals surface area (Å²) < 4.78 is 5.56. The Bertz CT molecular complexity index is 472. The molecular formula is C19H31NO. The fourth-order valence-electron chi connectivity index (χ4n) is 3.77. The molecule has 1 unspecified atom stereocenters. The van der Waals surface area contributed by atoms with Crippen molar-refractivity contribution in [2.45, 2.75) is 60.4 Å². The van der Waals surface area contributed by atoms with E-state index in [0.29, 0.717) is 12.0 Å². The summed E-state index contributed by atoms with van der Waals surface area (Å²) in [5.74, 6) is 0.692. The molecule has 1 aliphatic heterocycles. The van der Waals surface area contributed by atoms with Crippen LogP contribution in [-0.4, -0.2) is 19.8 Å². The van der Waals surface area contributed by atoms with Gasteiger partial charge < -0.3 is 10.1 Å². The van der Waals surface area contributed by atoms with Gasteiger partial charge in [0.2, 0.25) is 0 Å². The zero-order valence-corrected chi connectivity index (χ0v) is 14.6. The molecular weight excluding hydrogens is 258 g/mol. The normalized spacial score (nSPS) is 18.0. The highest BCUT2D eigenvalue weighted by molar-refractivity contribution is 5.51. The molecule has 0 aromatic heterocycles. The van der Waals surface area contributed by atoms with Crippen LogP contribution in [0.25, 0.3) is 0 Å². The van der Waals surface area contributed by atoms with Crippen LogP contribution in [0.4, 0.5) is 0 Å². The van der Waals surface area contributed by atoms with Gasteiger partial charge in [0.1, 0.15) is 0 Å². The highest BCUT2D eigenvalue weighted by Gasteiger charge is 2.28. The lowest BCUT2D eigenvalue weighted by Gasteiger charge is -2.34. The highest BCUT2D eigenvalue weighted by Crippen LogP contribution is 2.37. The summed E-state index contributed by atoms with van der Waals surface area (Å²) >= 11 is 0. The lowest BCUT2D eigenvalue weighted by Crippen LogP contribution is -2.33. The molecule has 0 amide bonds. The van der Waals surface area contributed by atoms with E-state index >= 15 is 0 Å². The summed E-state index contributed by atoms with van der Waals surface area (Å²) in [7, 11) is 0. The van der Waals surface area contributed by atoms with E-state index in [1.807, 2.05) is 0 Å². The fourth-order valence-corrected chi connectivity index (χ4v) is 3.77. The first-order valence-corrected chi connectivity index (χ1v) is 8.37. The Kier molecular flexibility index (Phi) is 5.45. The van der Waals surface area contributed by atoms with E-state index in [0.717, 1.165) is 19.8 Å². The Morgan fingerprint density at radius 2 is 1.38 bits per heavy atom. The van der Waals surface area contributed by atoms with Gasteiger partial charge in [0.25, 0.3) is 0 Å². The molecule has 1 atom stereocenters. The van der Waals surface area contributed by atoms with Crippen LogP contribution in [0.15, 0.2) is 0 Å². The molecule has 1 fully saturated rings. The van der Waals surface area contributed by atoms with E-state index in [1.165, 1.54) is 40.7 Å². The van der Waals surface area contributed by atoms with Crippen molar-refractivity contribution < 1.29 is 4.74 Å². The zero-order valence-electron chi connectivity index (χ0n) is 14.6. The first-order valence-electron chi connectivity index (χ1n) is 8.37. The van der Waals surface area contributed by atoms with Gasteiger partial charge in [-0.25, -0.2) is 0 Å². The number of hydrogen-bond acceptors (Lipinski definition) is 2. The average molecular weight is 289 g/mol. The molecule has 2 heteroatoms. The van der Waals surface area contributed by atoms with Gasteiger partial charge in [0.05, 0.1) is 0 Å². The summed E-state index contributed by atoms with van der Waals surface area (Å²) in [6, 6.07) is 0.469. The van der Waals surface area contributed by atoms with Gasteiger partial charge in [-0.15, -0.1) is 0 Å². The molecule has 118 valence electrons. The smallest absolute Gasteiger partial charge is 0.0469 e. The minimum atomic E-state index is 0.469. The number of benzene rings is 1. The van der Waals surface area contributed by atoms with Crippen molar-refractivity contribution in [3.8, 4) is 0 Å². The first kappa shape index (κ1) is 16.5. The predicted octanol–water partition coefficient (Wildman–Crippen LogP) is 4.31. The molecule has 1 N–H and O–H groups in total. The van der Waals surface area contributed by atoms with Crippen LogP contribution in [0.2, 0.25) is 0 Å². The third kappa shape index (κ3) is 3.17. The molecule has 1 aromatic carbocycles. The van der Waals surface area contributed by atoms with Crippen LogP contribution in [-0.2, 0) is 4.74 Å². The second-order valence-corrected chi connectivity index (χ2v) is 6.52. The van der Waals surface area contributed by atoms with Crippen molar-refractivity contribution in [2.75, 3.05) is 19.8 Å². The van der Waals surface area contributed by atoms with Crippen LogP contribution in [0, 0.1) is 40.5 Å². The quantitative estimate of drug-likeness (QED) is 0.892. The van der Waals surface area contributed by atoms with E-state index in [2.05, 4.69) is 46.9 Å². The maximum absolute atomic E-state index is 5.56. The van der Waals surface area contributed by atoms with Crippen molar-refractivity contribution in [3.05, 3.63) is 33.4 Å². The van der Waals surface area contributed by atoms with E-state index in [-0.39, 0.29) is 0 Å². The van der Waals surface area contributed by atoms with Crippen LogP contribution in [0.3, 0.4) is 0 Å². The van der Waals surface area contributed by atoms with E-state index in [1.54, 1.807) is 5.56 Å². The Morgan fingerprint density at radius 1 is 0.905 bits per heavy atom. The minimum absolute atomic E-state index is 0.469. The topological polar surface area (TPSA) is 21.3 Å². The number of nitrogens with one attached hydrogen (secondary N) is 1. The second-order valence-electron chi connectivity index (χ2n) is 6.52. The summed E-state index contributed by atoms with van der Waals surface area (Å²) in [4.78, 5) is 0. The van der Waals surface area contributed by atoms with E-state index in [4.69, 9.17) is 4.74 Å². The van der Waals surface area contributed by atoms with Gasteiger partial charge in [-0.1, -0.05) is 6.92 Å². The molecule has 21 heavy (non-hydrogen) atoms. The monoisotopic (exact) mass is 289 g/mol. The third-order valence-electron chi connectivity index (χ3n) is 5.53. The maximum Gasteiger partial charge on any atom is 0.0469 e. The molecule has 1 aromatic rings. The van der Waals surface area contributed by atoms with Crippen molar-refractivity contribution in [2.24, 2.45) is 5.92 Å². The van der Waals surface area contributed by atoms with Gasteiger partial charge >= 0.3 is 0 Å². The Balaban J connectivity index is 2.49. The van der Waals surface area contributed by atoms with Crippen molar-refractivity contribution in [3.63, 3.8) is 0 Å². The number of ether oxygens (including phenoxy) is 1. The van der Waals surface area contributed by atoms with Gasteiger partial charge in [-0.05, 0) is 93.3 Å². The fraction of sp³-hybridized carbons (Fsp3) is 0.684. The number of rotatable bonds is 4. The van der Waals surface area contributed by atoms with Crippen LogP contribution in [0.1, 0.15) is 59.2 Å². The van der Waals surface area contributed by atoms with Crippen LogP contribution >= 0.6 is 0 Å². The van der Waals surface area contributed by atoms with Crippen molar-refractivity contribution in [1.29, 1.82) is 0 Å². The molecule has 0 spiro atoms. The van der Waals surface area contributed by atoms with Crippen LogP contribution in [0.5, 0.6) is 0 Å². The molecule has 2 rings (SSSR count). The predicted molar refractivity (Wildman–Crippen MR) is 90.1 cm³/mol. The summed E-state index contributed by atoms with van der Waals surface area (Å²) in [5, 5.41) is 3.77. The van der Waals surface area contributed by atoms with Gasteiger partial charge in [-0.3, -0.25) is 0 Å². The van der Waals surface area contributed by atoms with Gasteiger partial charge in [-0.2, -0.15) is 0 Å². The second kappa shape index (κ2) is 6.93. The molecule has 0 bridgehead atoms. The van der Waals surface area contributed by atoms with E-state index in [9.17, 15) is 0 Å². The molecule has 2 nitrogen and oxygen atoms in total. The minimum Gasteiger partial charge on any atom is -0.381 e. The lowest BCUT2D eigenvalue weighted by molar-refractivity contribution is 0.0536. The summed E-state index contributed by atoms with van der Waals surface area (Å²) in [5.41, 5.74) is 8.88. The first-order chi connectivity index (χ1) is 9.99. The standard InChI is InChI=1S/C19H31NO/c1-7-20-19(17-8-10-21-11-9-17)18-15(5)13(3)12(2)14(4)16(18)6/h17,19-20H,7-11H2,1-6H3. The molecule has 1 saturated heterocycles. The summed E-state index contributed by atoms with van der Waals surface area (Å²) in [6.45, 7) is 16.5. The molecule has 0 radical (unpaired) electrons. The largest absolute Gasteiger partial charge is 0.381 e. The molecule has 0 aliphatic carbocycles. The maximum atomic E-state index is 5.56. The average Bonchev–Trinajstić information content (AvgIpc) is 2.51. The Morgan fingerprint density at radius 3 is 1.86 bits per heavy atom. The van der Waals surface area contributed by atoms with E-state index < -0.39 is 0 Å². The van der Waals surface area contributed by atoms with Crippen molar-refractivity contribution >= 4 is 0 Å². The number of hydrogen-bond donors (Lipinski definition) is 1. The molecule has 1 aliphatic rings. The molecule has 1 heterocycles. The van der Waals surface area contributed by atoms with Gasteiger partial charge in [0.15, 0.2) is 0 Å². The van der Waals surface area contributed by atoms with Crippen molar-refractivity contribution in [1.82, 2.24) is 5.32 Å². The Hall–Kier alpha value is -0.860. The highest BCUT2D eigenvalue weighted by atomic mass is 16.5. The van der Waals surface area contributed by atoms with Gasteiger partial charge in [0, 0.05) is 19.3 Å². The third-order valence-corrected chi connectivity index (χ3v) is 5.53. The lowest BCUT2D eigenvalue weighted by atomic mass is 9.79. The summed E-state index contributed by atoms with van der Waals surface area (Å²) in [6.07, 6.45) is 2.34. The van der Waals surface area contributed by atoms with Crippen LogP contribution < -0.4 is 5.32 Å². The molecule has 0 saturated carbocycles. The Labute approximate surface area is 130 Å². The zero-order chi connectivity index (χ0) is 15.6.